The van der Waals surface area contributed by atoms with Crippen LogP contribution in [0.25, 0.3) is 11.4 Å². The molecular formula is C13H16BrN5. The number of tetrazole rings is 1. The van der Waals surface area contributed by atoms with Gasteiger partial charge in [0.15, 0.2) is 5.82 Å². The van der Waals surface area contributed by atoms with E-state index in [1.807, 2.05) is 22.9 Å². The summed E-state index contributed by atoms with van der Waals surface area (Å²) >= 11 is 3.45. The first-order chi connectivity index (χ1) is 9.13. The van der Waals surface area contributed by atoms with Crippen molar-refractivity contribution in [2.75, 3.05) is 5.73 Å². The summed E-state index contributed by atoms with van der Waals surface area (Å²) in [6.07, 6.45) is 3.82. The molecule has 1 fully saturated rings. The number of nitrogen functional groups attached to an aromatic ring is 1. The summed E-state index contributed by atoms with van der Waals surface area (Å²) in [7, 11) is 0. The molecule has 1 aliphatic carbocycles. The number of halogens is 1. The highest BCUT2D eigenvalue weighted by atomic mass is 79.9. The second kappa shape index (κ2) is 4.92. The van der Waals surface area contributed by atoms with Crippen molar-refractivity contribution in [3.8, 4) is 11.4 Å². The van der Waals surface area contributed by atoms with E-state index in [1.54, 1.807) is 0 Å². The van der Waals surface area contributed by atoms with Gasteiger partial charge in [-0.25, -0.2) is 4.68 Å². The smallest absolute Gasteiger partial charge is 0.182 e. The van der Waals surface area contributed by atoms with Crippen LogP contribution in [0.1, 0.15) is 32.2 Å². The number of hydrogen-bond donors (Lipinski definition) is 1. The molecule has 1 aromatic heterocycles. The molecule has 0 saturated heterocycles. The molecule has 1 saturated carbocycles. The van der Waals surface area contributed by atoms with Crippen molar-refractivity contribution in [1.29, 1.82) is 0 Å². The van der Waals surface area contributed by atoms with E-state index in [0.717, 1.165) is 28.2 Å². The predicted molar refractivity (Wildman–Crippen MR) is 77.4 cm³/mol. The molecule has 2 N–H and O–H groups in total. The van der Waals surface area contributed by atoms with E-state index in [0.29, 0.717) is 11.7 Å². The molecular weight excluding hydrogens is 306 g/mol. The van der Waals surface area contributed by atoms with Gasteiger partial charge in [0.1, 0.15) is 0 Å². The Kier molecular flexibility index (Phi) is 3.26. The van der Waals surface area contributed by atoms with Crippen LogP contribution in [0.15, 0.2) is 22.7 Å². The topological polar surface area (TPSA) is 69.6 Å². The van der Waals surface area contributed by atoms with Crippen LogP contribution in [-0.2, 0) is 0 Å². The SMILES string of the molecule is CC(CC1CC1)n1nnnc1-c1cc(N)cc(Br)c1. The largest absolute Gasteiger partial charge is 0.399 e. The molecule has 19 heavy (non-hydrogen) atoms. The van der Waals surface area contributed by atoms with Crippen LogP contribution in [0.2, 0.25) is 0 Å². The van der Waals surface area contributed by atoms with Crippen molar-refractivity contribution in [1.82, 2.24) is 20.2 Å². The molecule has 1 atom stereocenters. The molecule has 1 unspecified atom stereocenters. The third-order valence-corrected chi connectivity index (χ3v) is 3.92. The van der Waals surface area contributed by atoms with E-state index in [1.165, 1.54) is 12.8 Å². The fourth-order valence-corrected chi connectivity index (χ4v) is 2.87. The Morgan fingerprint density at radius 2 is 2.21 bits per heavy atom. The maximum atomic E-state index is 5.87. The van der Waals surface area contributed by atoms with E-state index in [9.17, 15) is 0 Å². The molecule has 0 aliphatic heterocycles. The van der Waals surface area contributed by atoms with E-state index in [-0.39, 0.29) is 0 Å². The van der Waals surface area contributed by atoms with Crippen molar-refractivity contribution in [2.45, 2.75) is 32.2 Å². The van der Waals surface area contributed by atoms with Crippen molar-refractivity contribution in [3.05, 3.63) is 22.7 Å². The van der Waals surface area contributed by atoms with Crippen molar-refractivity contribution < 1.29 is 0 Å². The molecule has 0 spiro atoms. The maximum Gasteiger partial charge on any atom is 0.182 e. The summed E-state index contributed by atoms with van der Waals surface area (Å²) in [5.74, 6) is 1.63. The lowest BCUT2D eigenvalue weighted by Gasteiger charge is -2.13. The number of nitrogens with two attached hydrogens (primary N) is 1. The number of anilines is 1. The Bertz CT molecular complexity index is 570. The first-order valence-corrected chi connectivity index (χ1v) is 7.27. The van der Waals surface area contributed by atoms with E-state index in [2.05, 4.69) is 38.4 Å². The van der Waals surface area contributed by atoms with Gasteiger partial charge in [0, 0.05) is 15.7 Å². The molecule has 0 bridgehead atoms. The van der Waals surface area contributed by atoms with Crippen molar-refractivity contribution in [2.24, 2.45) is 5.92 Å². The van der Waals surface area contributed by atoms with Crippen LogP contribution in [0, 0.1) is 5.92 Å². The quantitative estimate of drug-likeness (QED) is 0.879. The standard InChI is InChI=1S/C13H16BrN5/c1-8(4-9-2-3-9)19-13(16-17-18-19)10-5-11(14)7-12(15)6-10/h5-9H,2-4,15H2,1H3. The van der Waals surface area contributed by atoms with Crippen LogP contribution >= 0.6 is 15.9 Å². The zero-order valence-electron chi connectivity index (χ0n) is 10.8. The Hall–Kier alpha value is -1.43. The number of rotatable bonds is 4. The van der Waals surface area contributed by atoms with E-state index in [4.69, 9.17) is 5.73 Å². The second-order valence-electron chi connectivity index (χ2n) is 5.25. The zero-order valence-corrected chi connectivity index (χ0v) is 12.3. The molecule has 3 rings (SSSR count). The molecule has 1 aromatic carbocycles. The normalized spacial score (nSPS) is 16.5. The zero-order chi connectivity index (χ0) is 13.4. The Labute approximate surface area is 120 Å². The summed E-state index contributed by atoms with van der Waals surface area (Å²) in [4.78, 5) is 0. The minimum absolute atomic E-state index is 0.317. The summed E-state index contributed by atoms with van der Waals surface area (Å²) in [6, 6.07) is 6.07. The third kappa shape index (κ3) is 2.78. The molecule has 0 radical (unpaired) electrons. The first-order valence-electron chi connectivity index (χ1n) is 6.48. The second-order valence-corrected chi connectivity index (χ2v) is 6.16. The Morgan fingerprint density at radius 1 is 1.42 bits per heavy atom. The molecule has 2 aromatic rings. The molecule has 1 aliphatic rings. The lowest BCUT2D eigenvalue weighted by molar-refractivity contribution is 0.430. The fourth-order valence-electron chi connectivity index (χ4n) is 2.36. The minimum Gasteiger partial charge on any atom is -0.399 e. The van der Waals surface area contributed by atoms with Gasteiger partial charge in [-0.05, 0) is 47.9 Å². The number of hydrogen-bond acceptors (Lipinski definition) is 4. The first kappa shape index (κ1) is 12.6. The Morgan fingerprint density at radius 3 is 2.89 bits per heavy atom. The van der Waals surface area contributed by atoms with Gasteiger partial charge in [-0.2, -0.15) is 0 Å². The average Bonchev–Trinajstić information content (AvgIpc) is 3.02. The molecule has 1 heterocycles. The summed E-state index contributed by atoms with van der Waals surface area (Å²) in [6.45, 7) is 2.17. The summed E-state index contributed by atoms with van der Waals surface area (Å²) < 4.78 is 2.84. The van der Waals surface area contributed by atoms with Gasteiger partial charge in [-0.15, -0.1) is 5.10 Å². The third-order valence-electron chi connectivity index (χ3n) is 3.46. The highest BCUT2D eigenvalue weighted by molar-refractivity contribution is 9.10. The fraction of sp³-hybridized carbons (Fsp3) is 0.462. The molecule has 0 amide bonds. The van der Waals surface area contributed by atoms with Gasteiger partial charge < -0.3 is 5.73 Å². The minimum atomic E-state index is 0.317. The van der Waals surface area contributed by atoms with Gasteiger partial charge in [-0.1, -0.05) is 28.8 Å². The van der Waals surface area contributed by atoms with Gasteiger partial charge in [0.05, 0.1) is 6.04 Å². The van der Waals surface area contributed by atoms with Crippen molar-refractivity contribution >= 4 is 21.6 Å². The monoisotopic (exact) mass is 321 g/mol. The van der Waals surface area contributed by atoms with Gasteiger partial charge in [-0.3, -0.25) is 0 Å². The van der Waals surface area contributed by atoms with Gasteiger partial charge in [0.25, 0.3) is 0 Å². The number of aromatic nitrogens is 4. The van der Waals surface area contributed by atoms with Crippen molar-refractivity contribution in [3.63, 3.8) is 0 Å². The highest BCUT2D eigenvalue weighted by Gasteiger charge is 2.26. The summed E-state index contributed by atoms with van der Waals surface area (Å²) in [5, 5.41) is 12.1. The van der Waals surface area contributed by atoms with Crippen LogP contribution < -0.4 is 5.73 Å². The summed E-state index contributed by atoms with van der Waals surface area (Å²) in [5.41, 5.74) is 7.52. The van der Waals surface area contributed by atoms with Crippen LogP contribution in [-0.4, -0.2) is 20.2 Å². The molecule has 6 heteroatoms. The maximum absolute atomic E-state index is 5.87. The highest BCUT2D eigenvalue weighted by Crippen LogP contribution is 2.37. The lowest BCUT2D eigenvalue weighted by atomic mass is 10.1. The van der Waals surface area contributed by atoms with E-state index >= 15 is 0 Å². The molecule has 5 nitrogen and oxygen atoms in total. The van der Waals surface area contributed by atoms with E-state index < -0.39 is 0 Å². The van der Waals surface area contributed by atoms with Crippen LogP contribution in [0.5, 0.6) is 0 Å². The number of nitrogens with zero attached hydrogens (tertiary/aromatic N) is 4. The lowest BCUT2D eigenvalue weighted by Crippen LogP contribution is -2.10. The van der Waals surface area contributed by atoms with Crippen LogP contribution in [0.3, 0.4) is 0 Å². The van der Waals surface area contributed by atoms with Gasteiger partial charge >= 0.3 is 0 Å². The Balaban J connectivity index is 1.93. The predicted octanol–water partition coefficient (Wildman–Crippen LogP) is 3.05. The van der Waals surface area contributed by atoms with Gasteiger partial charge in [0.2, 0.25) is 0 Å². The molecule has 100 valence electrons. The van der Waals surface area contributed by atoms with Crippen LogP contribution in [0.4, 0.5) is 5.69 Å². The average molecular weight is 322 g/mol. The number of benzene rings is 1.